The van der Waals surface area contributed by atoms with Crippen LogP contribution in [-0.4, -0.2) is 34.8 Å². The molecule has 0 atom stereocenters. The van der Waals surface area contributed by atoms with Crippen LogP contribution in [-0.2, 0) is 0 Å². The third-order valence-electron chi connectivity index (χ3n) is 0.378. The number of hydrogen-bond donors (Lipinski definition) is 0. The van der Waals surface area contributed by atoms with E-state index < -0.39 is 0 Å². The van der Waals surface area contributed by atoms with Crippen LogP contribution in [0.25, 0.3) is 0 Å². The fraction of sp³-hybridized carbons (Fsp3) is 1.00. The van der Waals surface area contributed by atoms with Gasteiger partial charge in [0.25, 0.3) is 0 Å². The Kier molecular flexibility index (Phi) is 42.4. The molecule has 3 heteroatoms. The normalized spacial score (nSPS) is 6.67. The summed E-state index contributed by atoms with van der Waals surface area (Å²) < 4.78 is 0. The van der Waals surface area contributed by atoms with Crippen molar-refractivity contribution in [1.29, 1.82) is 0 Å². The van der Waals surface area contributed by atoms with E-state index >= 15 is 0 Å². The summed E-state index contributed by atoms with van der Waals surface area (Å²) in [5, 5.41) is 0. The summed E-state index contributed by atoms with van der Waals surface area (Å²) in [5.74, 6) is 1.58. The molecule has 0 aliphatic carbocycles. The van der Waals surface area contributed by atoms with Gasteiger partial charge in [-0.25, -0.2) is 0 Å². The molecule has 0 aliphatic rings. The highest BCUT2D eigenvalue weighted by atomic mass is 35.5. The summed E-state index contributed by atoms with van der Waals surface area (Å²) in [6, 6.07) is 0. The molecule has 0 spiro atoms. The molecule has 0 unspecified atom stereocenters. The van der Waals surface area contributed by atoms with E-state index in [1.807, 2.05) is 13.8 Å². The second-order valence-electron chi connectivity index (χ2n) is 1.38. The fourth-order valence-corrected chi connectivity index (χ4v) is 0. The van der Waals surface area contributed by atoms with Gasteiger partial charge in [-0.2, -0.15) is 0 Å². The first-order chi connectivity index (χ1) is 3.83. The molecule has 0 fully saturated rings. The zero-order valence-electron chi connectivity index (χ0n) is 5.58. The Labute approximate surface area is 84.4 Å². The van der Waals surface area contributed by atoms with Gasteiger partial charge in [0.1, 0.15) is 0 Å². The average molecular weight is 183 g/mol. The van der Waals surface area contributed by atoms with Gasteiger partial charge in [-0.05, 0) is 12.8 Å². The molecule has 0 saturated heterocycles. The lowest BCUT2D eigenvalue weighted by Gasteiger charge is -1.65. The van der Waals surface area contributed by atoms with Crippen molar-refractivity contribution in [2.75, 3.05) is 11.8 Å². The molecule has 0 aromatic carbocycles. The standard InChI is InChI=1S/2C3H7Cl.Mg.2H/c2*1-2-3-4;;;/h2*2-3H2,1H3;;;. The van der Waals surface area contributed by atoms with Crippen LogP contribution < -0.4 is 0 Å². The third kappa shape index (κ3) is 45.0. The first kappa shape index (κ1) is 16.7. The molecular weight excluding hydrogens is 167 g/mol. The zero-order chi connectivity index (χ0) is 6.83. The molecule has 0 bridgehead atoms. The second kappa shape index (κ2) is 22.8. The first-order valence-electron chi connectivity index (χ1n) is 2.95. The van der Waals surface area contributed by atoms with E-state index in [2.05, 4.69) is 0 Å². The second-order valence-corrected chi connectivity index (χ2v) is 2.13. The Morgan fingerprint density at radius 1 is 0.889 bits per heavy atom. The highest BCUT2D eigenvalue weighted by Gasteiger charge is 1.59. The van der Waals surface area contributed by atoms with Gasteiger partial charge in [-0.1, -0.05) is 13.8 Å². The van der Waals surface area contributed by atoms with Crippen molar-refractivity contribution >= 4 is 46.3 Å². The predicted octanol–water partition coefficient (Wildman–Crippen LogP) is 2.35. The summed E-state index contributed by atoms with van der Waals surface area (Å²) in [6.45, 7) is 4.10. The fourth-order valence-electron chi connectivity index (χ4n) is 0. The maximum Gasteiger partial charge on any atom is 0.316 e. The topological polar surface area (TPSA) is 0 Å². The largest absolute Gasteiger partial charge is 0.316 e. The Morgan fingerprint density at radius 2 is 1.00 bits per heavy atom. The SMILES string of the molecule is CCCCl.CCCCl.[MgH2]. The van der Waals surface area contributed by atoms with Gasteiger partial charge in [-0.3, -0.25) is 0 Å². The Balaban J connectivity index is -0.0000000720. The monoisotopic (exact) mass is 182 g/mol. The number of hydrogen-bond acceptors (Lipinski definition) is 0. The minimum Gasteiger partial charge on any atom is -0.127 e. The summed E-state index contributed by atoms with van der Waals surface area (Å²) in [6.07, 6.45) is 2.17. The highest BCUT2D eigenvalue weighted by Crippen LogP contribution is 1.76. The Hall–Kier alpha value is 1.35. The molecule has 0 nitrogen and oxygen atoms in total. The van der Waals surface area contributed by atoms with Crippen molar-refractivity contribution in [3.8, 4) is 0 Å². The lowest BCUT2D eigenvalue weighted by Crippen LogP contribution is -1.55. The van der Waals surface area contributed by atoms with Gasteiger partial charge in [0.05, 0.1) is 0 Å². The van der Waals surface area contributed by atoms with Crippen LogP contribution >= 0.6 is 23.2 Å². The van der Waals surface area contributed by atoms with Gasteiger partial charge in [0.2, 0.25) is 0 Å². The van der Waals surface area contributed by atoms with Crippen molar-refractivity contribution in [2.45, 2.75) is 26.7 Å². The van der Waals surface area contributed by atoms with E-state index in [0.29, 0.717) is 0 Å². The quantitative estimate of drug-likeness (QED) is 0.455. The molecule has 0 amide bonds. The Bertz CT molecular complexity index is 19.0. The highest BCUT2D eigenvalue weighted by molar-refractivity contribution is 6.18. The van der Waals surface area contributed by atoms with Crippen molar-refractivity contribution < 1.29 is 0 Å². The Morgan fingerprint density at radius 3 is 1.00 bits per heavy atom. The maximum atomic E-state index is 5.19. The smallest absolute Gasteiger partial charge is 0.127 e. The van der Waals surface area contributed by atoms with Crippen LogP contribution in [0.1, 0.15) is 26.7 Å². The van der Waals surface area contributed by atoms with E-state index in [4.69, 9.17) is 23.2 Å². The molecule has 0 heterocycles. The summed E-state index contributed by atoms with van der Waals surface area (Å²) in [5.41, 5.74) is 0. The molecule has 0 aromatic heterocycles. The molecule has 56 valence electrons. The third-order valence-corrected chi connectivity index (χ3v) is 1.13. The van der Waals surface area contributed by atoms with Crippen LogP contribution in [0, 0.1) is 0 Å². The van der Waals surface area contributed by atoms with Crippen LogP contribution in [0.15, 0.2) is 0 Å². The predicted molar refractivity (Wildman–Crippen MR) is 50.6 cm³/mol. The van der Waals surface area contributed by atoms with Crippen LogP contribution in [0.3, 0.4) is 0 Å². The number of halogens is 2. The number of rotatable bonds is 2. The van der Waals surface area contributed by atoms with Crippen LogP contribution in [0.2, 0.25) is 0 Å². The van der Waals surface area contributed by atoms with Crippen LogP contribution in [0.5, 0.6) is 0 Å². The number of alkyl halides is 2. The molecule has 0 radical (unpaired) electrons. The van der Waals surface area contributed by atoms with Crippen LogP contribution in [0.4, 0.5) is 0 Å². The maximum absolute atomic E-state index is 5.19. The van der Waals surface area contributed by atoms with Crippen molar-refractivity contribution in [1.82, 2.24) is 0 Å². The van der Waals surface area contributed by atoms with E-state index in [1.54, 1.807) is 0 Å². The van der Waals surface area contributed by atoms with Gasteiger partial charge >= 0.3 is 23.1 Å². The summed E-state index contributed by atoms with van der Waals surface area (Å²) in [4.78, 5) is 0. The molecular formula is C6H16Cl2Mg. The molecule has 0 aliphatic heterocycles. The minimum atomic E-state index is 0. The van der Waals surface area contributed by atoms with E-state index in [-0.39, 0.29) is 23.1 Å². The van der Waals surface area contributed by atoms with Crippen molar-refractivity contribution in [3.05, 3.63) is 0 Å². The molecule has 0 rings (SSSR count). The van der Waals surface area contributed by atoms with Gasteiger partial charge < -0.3 is 0 Å². The molecule has 0 saturated carbocycles. The zero-order valence-corrected chi connectivity index (χ0v) is 7.10. The van der Waals surface area contributed by atoms with E-state index in [1.165, 1.54) is 0 Å². The summed E-state index contributed by atoms with van der Waals surface area (Å²) in [7, 11) is 0. The van der Waals surface area contributed by atoms with Gasteiger partial charge in [-0.15, -0.1) is 23.2 Å². The molecule has 0 aromatic rings. The molecule has 0 N–H and O–H groups in total. The van der Waals surface area contributed by atoms with E-state index in [0.717, 1.165) is 24.6 Å². The van der Waals surface area contributed by atoms with Gasteiger partial charge in [0, 0.05) is 11.8 Å². The lowest BCUT2D eigenvalue weighted by atomic mass is 10.6. The van der Waals surface area contributed by atoms with E-state index in [9.17, 15) is 0 Å². The van der Waals surface area contributed by atoms with Gasteiger partial charge in [0.15, 0.2) is 0 Å². The van der Waals surface area contributed by atoms with Crippen molar-refractivity contribution in [2.24, 2.45) is 0 Å². The summed E-state index contributed by atoms with van der Waals surface area (Å²) >= 11 is 10.4. The minimum absolute atomic E-state index is 0. The first-order valence-corrected chi connectivity index (χ1v) is 4.02. The average Bonchev–Trinajstić information content (AvgIpc) is 1.88. The lowest BCUT2D eigenvalue weighted by molar-refractivity contribution is 1.10. The van der Waals surface area contributed by atoms with Crippen molar-refractivity contribution in [3.63, 3.8) is 0 Å². The molecule has 9 heavy (non-hydrogen) atoms.